The normalized spacial score (nSPS) is 12.2. The Morgan fingerprint density at radius 1 is 1.33 bits per heavy atom. The Kier molecular flexibility index (Phi) is 5.86. The highest BCUT2D eigenvalue weighted by Gasteiger charge is 2.11. The Balaban J connectivity index is 2.60. The monoisotopic (exact) mass is 248 g/mol. The molecule has 0 aliphatic rings. The molecule has 0 aromatic heterocycles. The maximum Gasteiger partial charge on any atom is 0.226 e. The van der Waals surface area contributed by atoms with Crippen LogP contribution in [0.5, 0.6) is 0 Å². The molecule has 3 heteroatoms. The van der Waals surface area contributed by atoms with Gasteiger partial charge in [-0.25, -0.2) is 0 Å². The number of carbonyl (C=O) groups excluding carboxylic acids is 1. The van der Waals surface area contributed by atoms with Crippen LogP contribution in [0.4, 0.5) is 5.69 Å². The smallest absolute Gasteiger partial charge is 0.226 e. The van der Waals surface area contributed by atoms with Crippen LogP contribution in [0.15, 0.2) is 24.3 Å². The van der Waals surface area contributed by atoms with Gasteiger partial charge in [-0.3, -0.25) is 4.79 Å². The molecular formula is C15H24N2O. The maximum absolute atomic E-state index is 11.9. The summed E-state index contributed by atoms with van der Waals surface area (Å²) in [7, 11) is 1.82. The minimum absolute atomic E-state index is 0.0780. The summed E-state index contributed by atoms with van der Waals surface area (Å²) >= 11 is 0. The molecular weight excluding hydrogens is 224 g/mol. The van der Waals surface area contributed by atoms with Crippen molar-refractivity contribution >= 4 is 11.6 Å². The van der Waals surface area contributed by atoms with E-state index < -0.39 is 0 Å². The fourth-order valence-corrected chi connectivity index (χ4v) is 1.84. The van der Waals surface area contributed by atoms with Crippen LogP contribution in [0.1, 0.15) is 38.7 Å². The molecule has 0 bridgehead atoms. The van der Waals surface area contributed by atoms with Crippen LogP contribution in [-0.2, 0) is 11.2 Å². The summed E-state index contributed by atoms with van der Waals surface area (Å²) in [6.45, 7) is 4.09. The summed E-state index contributed by atoms with van der Waals surface area (Å²) in [6.07, 6.45) is 3.47. The van der Waals surface area contributed by atoms with Gasteiger partial charge in [-0.15, -0.1) is 0 Å². The third-order valence-corrected chi connectivity index (χ3v) is 3.05. The second-order valence-electron chi connectivity index (χ2n) is 4.89. The fourth-order valence-electron chi connectivity index (χ4n) is 1.84. The second kappa shape index (κ2) is 7.17. The van der Waals surface area contributed by atoms with E-state index in [4.69, 9.17) is 5.73 Å². The number of anilines is 1. The van der Waals surface area contributed by atoms with Gasteiger partial charge in [0.1, 0.15) is 0 Å². The van der Waals surface area contributed by atoms with Crippen LogP contribution in [0.25, 0.3) is 0 Å². The first-order valence-electron chi connectivity index (χ1n) is 6.65. The van der Waals surface area contributed by atoms with Gasteiger partial charge in [0.2, 0.25) is 5.91 Å². The number of nitrogens with two attached hydrogens (primary N) is 1. The summed E-state index contributed by atoms with van der Waals surface area (Å²) in [5.74, 6) is 0.121. The third kappa shape index (κ3) is 4.49. The molecule has 1 rings (SSSR count). The first-order valence-corrected chi connectivity index (χ1v) is 6.65. The van der Waals surface area contributed by atoms with E-state index in [9.17, 15) is 4.79 Å². The van der Waals surface area contributed by atoms with Crippen LogP contribution in [-0.4, -0.2) is 19.0 Å². The zero-order chi connectivity index (χ0) is 13.5. The molecule has 0 radical (unpaired) electrons. The van der Waals surface area contributed by atoms with Gasteiger partial charge in [0.25, 0.3) is 0 Å². The van der Waals surface area contributed by atoms with Crippen molar-refractivity contribution in [1.29, 1.82) is 0 Å². The Morgan fingerprint density at radius 3 is 2.44 bits per heavy atom. The van der Waals surface area contributed by atoms with Crippen LogP contribution in [0.3, 0.4) is 0 Å². The van der Waals surface area contributed by atoms with E-state index in [0.29, 0.717) is 6.42 Å². The first-order chi connectivity index (χ1) is 8.54. The number of benzene rings is 1. The molecule has 0 heterocycles. The van der Waals surface area contributed by atoms with Crippen molar-refractivity contribution in [2.45, 2.75) is 45.6 Å². The molecule has 100 valence electrons. The number of carbonyl (C=O) groups is 1. The molecule has 1 aromatic carbocycles. The third-order valence-electron chi connectivity index (χ3n) is 3.05. The Labute approximate surface area is 110 Å². The SMILES string of the molecule is CCCc1ccc(N(C)C(=O)CCC(C)N)cc1. The van der Waals surface area contributed by atoms with E-state index in [0.717, 1.165) is 24.9 Å². The number of aryl methyl sites for hydroxylation is 1. The standard InChI is InChI=1S/C15H24N2O/c1-4-5-13-7-9-14(10-8-13)17(3)15(18)11-6-12(2)16/h7-10,12H,4-6,11,16H2,1-3H3. The van der Waals surface area contributed by atoms with Crippen molar-refractivity contribution in [3.63, 3.8) is 0 Å². The van der Waals surface area contributed by atoms with Gasteiger partial charge in [-0.05, 0) is 37.5 Å². The van der Waals surface area contributed by atoms with Crippen molar-refractivity contribution < 1.29 is 4.79 Å². The molecule has 1 amide bonds. The molecule has 1 unspecified atom stereocenters. The van der Waals surface area contributed by atoms with Crippen LogP contribution < -0.4 is 10.6 Å². The topological polar surface area (TPSA) is 46.3 Å². The molecule has 0 spiro atoms. The molecule has 0 aliphatic carbocycles. The zero-order valence-corrected chi connectivity index (χ0v) is 11.6. The minimum atomic E-state index is 0.0780. The van der Waals surface area contributed by atoms with Crippen molar-refractivity contribution in [2.24, 2.45) is 5.73 Å². The molecule has 3 nitrogen and oxygen atoms in total. The highest BCUT2D eigenvalue weighted by Crippen LogP contribution is 2.16. The van der Waals surface area contributed by atoms with Gasteiger partial charge in [0.05, 0.1) is 0 Å². The van der Waals surface area contributed by atoms with E-state index in [1.807, 2.05) is 26.1 Å². The molecule has 0 saturated heterocycles. The summed E-state index contributed by atoms with van der Waals surface area (Å²) < 4.78 is 0. The van der Waals surface area contributed by atoms with E-state index in [1.54, 1.807) is 4.90 Å². The summed E-state index contributed by atoms with van der Waals surface area (Å²) in [4.78, 5) is 13.6. The van der Waals surface area contributed by atoms with Gasteiger partial charge in [-0.2, -0.15) is 0 Å². The largest absolute Gasteiger partial charge is 0.328 e. The molecule has 0 saturated carbocycles. The number of rotatable bonds is 6. The van der Waals surface area contributed by atoms with Crippen LogP contribution in [0.2, 0.25) is 0 Å². The minimum Gasteiger partial charge on any atom is -0.328 e. The Bertz CT molecular complexity index is 371. The van der Waals surface area contributed by atoms with E-state index in [1.165, 1.54) is 5.56 Å². The lowest BCUT2D eigenvalue weighted by Gasteiger charge is -2.18. The number of hydrogen-bond donors (Lipinski definition) is 1. The van der Waals surface area contributed by atoms with Gasteiger partial charge >= 0.3 is 0 Å². The highest BCUT2D eigenvalue weighted by molar-refractivity contribution is 5.92. The molecule has 0 fully saturated rings. The average Bonchev–Trinajstić information content (AvgIpc) is 2.36. The molecule has 0 aliphatic heterocycles. The quantitative estimate of drug-likeness (QED) is 0.841. The fraction of sp³-hybridized carbons (Fsp3) is 0.533. The number of nitrogens with zero attached hydrogens (tertiary/aromatic N) is 1. The second-order valence-corrected chi connectivity index (χ2v) is 4.89. The molecule has 2 N–H and O–H groups in total. The lowest BCUT2D eigenvalue weighted by Crippen LogP contribution is -2.28. The number of hydrogen-bond acceptors (Lipinski definition) is 2. The van der Waals surface area contributed by atoms with Gasteiger partial charge < -0.3 is 10.6 Å². The first kappa shape index (κ1) is 14.7. The van der Waals surface area contributed by atoms with Crippen LogP contribution >= 0.6 is 0 Å². The summed E-state index contributed by atoms with van der Waals surface area (Å²) in [6, 6.07) is 8.28. The maximum atomic E-state index is 11.9. The Hall–Kier alpha value is -1.35. The van der Waals surface area contributed by atoms with E-state index in [-0.39, 0.29) is 11.9 Å². The van der Waals surface area contributed by atoms with Crippen molar-refractivity contribution in [1.82, 2.24) is 0 Å². The number of amides is 1. The predicted octanol–water partition coefficient (Wildman–Crippen LogP) is 2.73. The molecule has 18 heavy (non-hydrogen) atoms. The average molecular weight is 248 g/mol. The van der Waals surface area contributed by atoms with E-state index in [2.05, 4.69) is 19.1 Å². The van der Waals surface area contributed by atoms with Gasteiger partial charge in [0, 0.05) is 25.2 Å². The lowest BCUT2D eigenvalue weighted by atomic mass is 10.1. The predicted molar refractivity (Wildman–Crippen MR) is 76.7 cm³/mol. The van der Waals surface area contributed by atoms with Crippen molar-refractivity contribution in [3.05, 3.63) is 29.8 Å². The highest BCUT2D eigenvalue weighted by atomic mass is 16.2. The molecule has 1 atom stereocenters. The van der Waals surface area contributed by atoms with Crippen LogP contribution in [0, 0.1) is 0 Å². The van der Waals surface area contributed by atoms with Crippen molar-refractivity contribution in [3.8, 4) is 0 Å². The zero-order valence-electron chi connectivity index (χ0n) is 11.6. The van der Waals surface area contributed by atoms with E-state index >= 15 is 0 Å². The van der Waals surface area contributed by atoms with Crippen molar-refractivity contribution in [2.75, 3.05) is 11.9 Å². The Morgan fingerprint density at radius 2 is 1.94 bits per heavy atom. The van der Waals surface area contributed by atoms with Gasteiger partial charge in [0.15, 0.2) is 0 Å². The summed E-state index contributed by atoms with van der Waals surface area (Å²) in [5, 5.41) is 0. The van der Waals surface area contributed by atoms with Gasteiger partial charge in [-0.1, -0.05) is 25.5 Å². The molecule has 1 aromatic rings. The summed E-state index contributed by atoms with van der Waals surface area (Å²) in [5.41, 5.74) is 7.93. The lowest BCUT2D eigenvalue weighted by molar-refractivity contribution is -0.118.